The van der Waals surface area contributed by atoms with Gasteiger partial charge < -0.3 is 10.5 Å². The summed E-state index contributed by atoms with van der Waals surface area (Å²) in [5, 5.41) is 14.9. The molecule has 92 valence electrons. The van der Waals surface area contributed by atoms with Crippen LogP contribution in [0.1, 0.15) is 27.2 Å². The molecule has 0 aromatic heterocycles. The molecule has 1 rings (SSSR count). The monoisotopic (exact) mass is 227 g/mol. The van der Waals surface area contributed by atoms with Crippen molar-refractivity contribution in [3.05, 3.63) is 0 Å². The minimum Gasteiger partial charge on any atom is -0.411 e. The highest BCUT2D eigenvalue weighted by Gasteiger charge is 2.23. The summed E-state index contributed by atoms with van der Waals surface area (Å²) in [6.45, 7) is 7.92. The van der Waals surface area contributed by atoms with Crippen LogP contribution < -0.4 is 5.32 Å². The Kier molecular flexibility index (Phi) is 4.73. The number of hydrogen-bond acceptors (Lipinski definition) is 4. The molecule has 1 aliphatic rings. The van der Waals surface area contributed by atoms with Gasteiger partial charge in [0.25, 0.3) is 0 Å². The van der Waals surface area contributed by atoms with Gasteiger partial charge in [-0.2, -0.15) is 0 Å². The zero-order valence-corrected chi connectivity index (χ0v) is 10.2. The largest absolute Gasteiger partial charge is 0.411 e. The first kappa shape index (κ1) is 13.0. The van der Waals surface area contributed by atoms with Crippen LogP contribution in [0.3, 0.4) is 0 Å². The molecule has 0 spiro atoms. The molecule has 1 saturated heterocycles. The van der Waals surface area contributed by atoms with Crippen LogP contribution in [0.4, 0.5) is 0 Å². The topological polar surface area (TPSA) is 64.9 Å². The lowest BCUT2D eigenvalue weighted by molar-refractivity contribution is -0.122. The summed E-state index contributed by atoms with van der Waals surface area (Å²) in [7, 11) is 0. The molecule has 5 nitrogen and oxygen atoms in total. The van der Waals surface area contributed by atoms with Crippen molar-refractivity contribution < 1.29 is 10.0 Å². The highest BCUT2D eigenvalue weighted by molar-refractivity contribution is 5.87. The van der Waals surface area contributed by atoms with Gasteiger partial charge >= 0.3 is 0 Å². The Labute approximate surface area is 96.5 Å². The molecule has 0 bridgehead atoms. The van der Waals surface area contributed by atoms with Crippen molar-refractivity contribution in [2.45, 2.75) is 33.2 Å². The van der Waals surface area contributed by atoms with E-state index in [2.05, 4.69) is 15.4 Å². The Hall–Kier alpha value is -1.10. The molecule has 5 heteroatoms. The molecule has 16 heavy (non-hydrogen) atoms. The fraction of sp³-hybridized carbons (Fsp3) is 0.818. The molecule has 2 N–H and O–H groups in total. The number of oxime groups is 1. The van der Waals surface area contributed by atoms with Crippen molar-refractivity contribution in [1.29, 1.82) is 0 Å². The molecular weight excluding hydrogens is 206 g/mol. The molecule has 1 aliphatic heterocycles. The zero-order chi connectivity index (χ0) is 12.1. The van der Waals surface area contributed by atoms with Crippen LogP contribution in [0.5, 0.6) is 0 Å². The van der Waals surface area contributed by atoms with Crippen LogP contribution >= 0.6 is 0 Å². The molecule has 1 fully saturated rings. The average Bonchev–Trinajstić information content (AvgIpc) is 2.16. The lowest BCUT2D eigenvalue weighted by atomic mass is 9.98. The fourth-order valence-corrected chi connectivity index (χ4v) is 1.97. The molecule has 1 heterocycles. The molecule has 1 atom stereocenters. The lowest BCUT2D eigenvalue weighted by Gasteiger charge is -2.30. The van der Waals surface area contributed by atoms with Gasteiger partial charge in [-0.1, -0.05) is 12.1 Å². The van der Waals surface area contributed by atoms with Gasteiger partial charge in [0.05, 0.1) is 12.3 Å². The second-order valence-electron chi connectivity index (χ2n) is 4.70. The number of nitrogens with one attached hydrogen (secondary N) is 1. The van der Waals surface area contributed by atoms with E-state index < -0.39 is 0 Å². The number of hydrogen-bond donors (Lipinski definition) is 2. The smallest absolute Gasteiger partial charge is 0.234 e. The minimum absolute atomic E-state index is 0.0617. The Morgan fingerprint density at radius 2 is 2.38 bits per heavy atom. The second kappa shape index (κ2) is 5.84. The van der Waals surface area contributed by atoms with E-state index in [1.807, 2.05) is 20.8 Å². The van der Waals surface area contributed by atoms with E-state index in [9.17, 15) is 4.79 Å². The number of carbonyl (C=O) groups excluding carboxylic acids is 1. The number of likely N-dealkylation sites (tertiary alicyclic amines) is 1. The summed E-state index contributed by atoms with van der Waals surface area (Å²) in [6.07, 6.45) is 0.743. The van der Waals surface area contributed by atoms with Crippen molar-refractivity contribution in [2.24, 2.45) is 11.1 Å². The Balaban J connectivity index is 2.38. The molecule has 1 amide bonds. The van der Waals surface area contributed by atoms with Crippen molar-refractivity contribution in [1.82, 2.24) is 10.2 Å². The standard InChI is InChI=1S/C11H21N3O2/c1-8(2)12-11(15)7-14-5-4-10(13-16)9(3)6-14/h8-9,16H,4-7H2,1-3H3,(H,12,15). The normalized spacial score (nSPS) is 25.0. The van der Waals surface area contributed by atoms with Crippen molar-refractivity contribution in [2.75, 3.05) is 19.6 Å². The van der Waals surface area contributed by atoms with Crippen LogP contribution in [0, 0.1) is 5.92 Å². The third-order valence-electron chi connectivity index (χ3n) is 2.73. The van der Waals surface area contributed by atoms with Crippen LogP contribution in [-0.4, -0.2) is 47.4 Å². The number of carbonyl (C=O) groups is 1. The first-order valence-corrected chi connectivity index (χ1v) is 5.75. The first-order chi connectivity index (χ1) is 7.52. The van der Waals surface area contributed by atoms with E-state index in [1.165, 1.54) is 0 Å². The minimum atomic E-state index is 0.0617. The van der Waals surface area contributed by atoms with E-state index in [-0.39, 0.29) is 17.9 Å². The Morgan fingerprint density at radius 1 is 1.69 bits per heavy atom. The molecule has 0 saturated carbocycles. The third kappa shape index (κ3) is 3.81. The van der Waals surface area contributed by atoms with Crippen LogP contribution in [0.25, 0.3) is 0 Å². The predicted molar refractivity (Wildman–Crippen MR) is 62.7 cm³/mol. The number of nitrogens with zero attached hydrogens (tertiary/aromatic N) is 2. The quantitative estimate of drug-likeness (QED) is 0.550. The third-order valence-corrected chi connectivity index (χ3v) is 2.73. The van der Waals surface area contributed by atoms with E-state index in [0.29, 0.717) is 6.54 Å². The number of piperidine rings is 1. The molecule has 0 radical (unpaired) electrons. The first-order valence-electron chi connectivity index (χ1n) is 5.75. The van der Waals surface area contributed by atoms with E-state index in [0.717, 1.165) is 25.2 Å². The van der Waals surface area contributed by atoms with Gasteiger partial charge in [0.1, 0.15) is 0 Å². The van der Waals surface area contributed by atoms with Gasteiger partial charge in [-0.3, -0.25) is 9.69 Å². The van der Waals surface area contributed by atoms with Gasteiger partial charge in [0.15, 0.2) is 0 Å². The second-order valence-corrected chi connectivity index (χ2v) is 4.70. The van der Waals surface area contributed by atoms with Crippen molar-refractivity contribution >= 4 is 11.6 Å². The Bertz CT molecular complexity index is 276. The molecule has 0 aromatic rings. The maximum Gasteiger partial charge on any atom is 0.234 e. The summed E-state index contributed by atoms with van der Waals surface area (Å²) in [5.74, 6) is 0.289. The van der Waals surface area contributed by atoms with Crippen LogP contribution in [-0.2, 0) is 4.79 Å². The molecule has 0 aliphatic carbocycles. The summed E-state index contributed by atoms with van der Waals surface area (Å²) < 4.78 is 0. The SMILES string of the molecule is CC(C)NC(=O)CN1CCC(=NO)C(C)C1. The van der Waals surface area contributed by atoms with Crippen molar-refractivity contribution in [3.8, 4) is 0 Å². The van der Waals surface area contributed by atoms with Gasteiger partial charge in [0.2, 0.25) is 5.91 Å². The van der Waals surface area contributed by atoms with Crippen LogP contribution in [0.2, 0.25) is 0 Å². The maximum absolute atomic E-state index is 11.5. The van der Waals surface area contributed by atoms with E-state index in [1.54, 1.807) is 0 Å². The van der Waals surface area contributed by atoms with Crippen LogP contribution in [0.15, 0.2) is 5.16 Å². The van der Waals surface area contributed by atoms with E-state index in [4.69, 9.17) is 5.21 Å². The van der Waals surface area contributed by atoms with Gasteiger partial charge in [0, 0.05) is 31.5 Å². The molecular formula is C11H21N3O2. The zero-order valence-electron chi connectivity index (χ0n) is 10.2. The highest BCUT2D eigenvalue weighted by Crippen LogP contribution is 2.13. The summed E-state index contributed by atoms with van der Waals surface area (Å²) in [5.41, 5.74) is 0.834. The van der Waals surface area contributed by atoms with Gasteiger partial charge in [-0.05, 0) is 13.8 Å². The predicted octanol–water partition coefficient (Wildman–Crippen LogP) is 0.683. The maximum atomic E-state index is 11.5. The number of rotatable bonds is 3. The van der Waals surface area contributed by atoms with Gasteiger partial charge in [-0.15, -0.1) is 0 Å². The average molecular weight is 227 g/mol. The molecule has 1 unspecified atom stereocenters. The lowest BCUT2D eigenvalue weighted by Crippen LogP contribution is -2.46. The summed E-state index contributed by atoms with van der Waals surface area (Å²) >= 11 is 0. The highest BCUT2D eigenvalue weighted by atomic mass is 16.4. The summed E-state index contributed by atoms with van der Waals surface area (Å²) in [6, 6.07) is 0.185. The fourth-order valence-electron chi connectivity index (χ4n) is 1.97. The Morgan fingerprint density at radius 3 is 2.88 bits per heavy atom. The number of amides is 1. The molecule has 0 aromatic carbocycles. The van der Waals surface area contributed by atoms with Gasteiger partial charge in [-0.25, -0.2) is 0 Å². The summed E-state index contributed by atoms with van der Waals surface area (Å²) in [4.78, 5) is 13.6. The van der Waals surface area contributed by atoms with Crippen molar-refractivity contribution in [3.63, 3.8) is 0 Å². The van der Waals surface area contributed by atoms with E-state index >= 15 is 0 Å².